The van der Waals surface area contributed by atoms with Gasteiger partial charge in [-0.15, -0.1) is 0 Å². The number of nitrogens with one attached hydrogen (secondary N) is 1. The lowest BCUT2D eigenvalue weighted by Gasteiger charge is -2.26. The number of esters is 1. The summed E-state index contributed by atoms with van der Waals surface area (Å²) in [5.74, 6) is -0.383. The molecular weight excluding hydrogens is 314 g/mol. The topological polar surface area (TPSA) is 64.6 Å². The summed E-state index contributed by atoms with van der Waals surface area (Å²) in [5, 5.41) is 0. The van der Waals surface area contributed by atoms with Gasteiger partial charge in [0.2, 0.25) is 0 Å². The fourth-order valence-corrected chi connectivity index (χ4v) is 2.82. The molecule has 1 aromatic rings. The summed E-state index contributed by atoms with van der Waals surface area (Å²) in [4.78, 5) is 11.3. The Kier molecular flexibility index (Phi) is 6.10. The third-order valence-corrected chi connectivity index (χ3v) is 4.92. The molecule has 0 aromatic heterocycles. The summed E-state index contributed by atoms with van der Waals surface area (Å²) in [6.45, 7) is 6.39. The van der Waals surface area contributed by atoms with E-state index in [1.165, 1.54) is 6.08 Å². The van der Waals surface area contributed by atoms with E-state index >= 15 is 0 Å². The van der Waals surface area contributed by atoms with E-state index in [1.54, 1.807) is 6.08 Å². The first-order valence-electron chi connectivity index (χ1n) is 7.55. The molecule has 5 nitrogen and oxygen atoms in total. The van der Waals surface area contributed by atoms with E-state index in [2.05, 4.69) is 4.72 Å². The molecule has 0 saturated carbocycles. The molecule has 1 unspecified atom stereocenters. The summed E-state index contributed by atoms with van der Waals surface area (Å²) < 4.78 is 25.9. The lowest BCUT2D eigenvalue weighted by Crippen LogP contribution is -2.48. The Morgan fingerprint density at radius 1 is 1.30 bits per heavy atom. The van der Waals surface area contributed by atoms with Crippen molar-refractivity contribution in [3.05, 3.63) is 48.0 Å². The fraction of sp³-hybridized carbons (Fsp3) is 0.471. The predicted octanol–water partition coefficient (Wildman–Crippen LogP) is 2.11. The van der Waals surface area contributed by atoms with Crippen molar-refractivity contribution < 1.29 is 18.5 Å². The molecule has 0 aliphatic carbocycles. The molecule has 3 atom stereocenters. The maximum absolute atomic E-state index is 12.3. The van der Waals surface area contributed by atoms with Crippen LogP contribution in [0.5, 0.6) is 0 Å². The number of carbonyl (C=O) groups is 1. The maximum atomic E-state index is 12.3. The van der Waals surface area contributed by atoms with Gasteiger partial charge in [-0.3, -0.25) is 0 Å². The minimum absolute atomic E-state index is 0.291. The van der Waals surface area contributed by atoms with Crippen LogP contribution in [0.15, 0.2) is 42.5 Å². The van der Waals surface area contributed by atoms with E-state index in [4.69, 9.17) is 9.47 Å². The number of carbonyl (C=O) groups excluding carboxylic acids is 1. The predicted molar refractivity (Wildman–Crippen MR) is 89.9 cm³/mol. The zero-order valence-electron chi connectivity index (χ0n) is 13.7. The first-order chi connectivity index (χ1) is 10.9. The molecule has 1 heterocycles. The third-order valence-electron chi connectivity index (χ3n) is 3.29. The van der Waals surface area contributed by atoms with Crippen LogP contribution < -0.4 is 4.72 Å². The first kappa shape index (κ1) is 17.8. The molecule has 23 heavy (non-hydrogen) atoms. The molecule has 0 radical (unpaired) electrons. The van der Waals surface area contributed by atoms with Crippen molar-refractivity contribution in [3.8, 4) is 0 Å². The lowest BCUT2D eigenvalue weighted by atomic mass is 10.2. The Hall–Kier alpha value is -1.50. The van der Waals surface area contributed by atoms with Crippen LogP contribution in [0.3, 0.4) is 0 Å². The summed E-state index contributed by atoms with van der Waals surface area (Å²) in [6.07, 6.45) is 2.59. The smallest absolute Gasteiger partial charge is 0.331 e. The van der Waals surface area contributed by atoms with Crippen molar-refractivity contribution in [2.75, 3.05) is 6.61 Å². The van der Waals surface area contributed by atoms with E-state index in [1.807, 2.05) is 51.1 Å². The first-order valence-corrected chi connectivity index (χ1v) is 8.70. The Labute approximate surface area is 139 Å². The number of hydrogen-bond donors (Lipinski definition) is 1. The molecule has 0 bridgehead atoms. The normalized spacial score (nSPS) is 20.3. The van der Waals surface area contributed by atoms with Gasteiger partial charge in [0.15, 0.2) is 0 Å². The quantitative estimate of drug-likeness (QED) is 0.774. The van der Waals surface area contributed by atoms with Crippen molar-refractivity contribution in [1.29, 1.82) is 0 Å². The lowest BCUT2D eigenvalue weighted by molar-refractivity contribution is -0.140. The van der Waals surface area contributed by atoms with Gasteiger partial charge in [-0.2, -0.15) is 0 Å². The van der Waals surface area contributed by atoms with Gasteiger partial charge in [-0.05, 0) is 32.4 Å². The minimum atomic E-state index is -1.28. The second-order valence-corrected chi connectivity index (χ2v) is 8.36. The highest BCUT2D eigenvalue weighted by Gasteiger charge is 2.31. The summed E-state index contributed by atoms with van der Waals surface area (Å²) >= 11 is 0. The van der Waals surface area contributed by atoms with Crippen LogP contribution in [-0.4, -0.2) is 33.7 Å². The van der Waals surface area contributed by atoms with E-state index in [-0.39, 0.29) is 12.0 Å². The van der Waals surface area contributed by atoms with Crippen molar-refractivity contribution in [1.82, 2.24) is 4.72 Å². The molecule has 2 rings (SSSR count). The summed E-state index contributed by atoms with van der Waals surface area (Å²) in [7, 11) is -1.28. The number of cyclic esters (lactones) is 1. The average Bonchev–Trinajstić information content (AvgIpc) is 2.92. The van der Waals surface area contributed by atoms with Crippen LogP contribution in [0.25, 0.3) is 0 Å². The second-order valence-electron chi connectivity index (χ2n) is 6.37. The molecule has 0 amide bonds. The number of rotatable bonds is 7. The Morgan fingerprint density at radius 2 is 2.00 bits per heavy atom. The average molecular weight is 337 g/mol. The fourth-order valence-electron chi connectivity index (χ4n) is 1.99. The molecular formula is C17H23NO4S. The summed E-state index contributed by atoms with van der Waals surface area (Å²) in [5.41, 5.74) is 1.06. The molecule has 6 heteroatoms. The Morgan fingerprint density at radius 3 is 2.57 bits per heavy atom. The van der Waals surface area contributed by atoms with Crippen LogP contribution in [0.1, 0.15) is 26.3 Å². The zero-order valence-corrected chi connectivity index (χ0v) is 14.5. The van der Waals surface area contributed by atoms with Gasteiger partial charge >= 0.3 is 5.97 Å². The van der Waals surface area contributed by atoms with E-state index in [0.29, 0.717) is 13.2 Å². The number of ether oxygens (including phenoxy) is 2. The van der Waals surface area contributed by atoms with Crippen molar-refractivity contribution in [2.24, 2.45) is 0 Å². The van der Waals surface area contributed by atoms with Gasteiger partial charge in [0.25, 0.3) is 0 Å². The molecule has 126 valence electrons. The Bertz CT molecular complexity index is 580. The summed E-state index contributed by atoms with van der Waals surface area (Å²) in [6, 6.07) is 9.44. The monoisotopic (exact) mass is 337 g/mol. The molecule has 0 saturated heterocycles. The van der Waals surface area contributed by atoms with Crippen LogP contribution in [-0.2, 0) is 31.9 Å². The SMILES string of the molecule is CC(C)(C)S(=O)N[C@@H](COCc1ccccc1)[C@H]1C=CC(=O)O1. The van der Waals surface area contributed by atoms with E-state index < -0.39 is 21.8 Å². The Balaban J connectivity index is 1.94. The van der Waals surface area contributed by atoms with Gasteiger partial charge in [-0.25, -0.2) is 13.7 Å². The van der Waals surface area contributed by atoms with Gasteiger partial charge in [0, 0.05) is 6.08 Å². The van der Waals surface area contributed by atoms with Gasteiger partial charge in [0.05, 0.1) is 35.0 Å². The highest BCUT2D eigenvalue weighted by molar-refractivity contribution is 7.84. The van der Waals surface area contributed by atoms with Crippen molar-refractivity contribution in [2.45, 2.75) is 44.3 Å². The standard InChI is InChI=1S/C17H23NO4S/c1-17(2,3)23(20)18-14(15-9-10-16(19)22-15)12-21-11-13-7-5-4-6-8-13/h4-10,14-15,18H,11-12H2,1-3H3/t14-,15+,23?/m0/s1. The van der Waals surface area contributed by atoms with E-state index in [9.17, 15) is 9.00 Å². The van der Waals surface area contributed by atoms with Crippen LogP contribution in [0, 0.1) is 0 Å². The maximum Gasteiger partial charge on any atom is 0.331 e. The molecule has 1 aliphatic rings. The van der Waals surface area contributed by atoms with Gasteiger partial charge in [-0.1, -0.05) is 30.3 Å². The molecule has 1 aromatic carbocycles. The zero-order chi connectivity index (χ0) is 16.9. The highest BCUT2D eigenvalue weighted by Crippen LogP contribution is 2.15. The largest absolute Gasteiger partial charge is 0.453 e. The van der Waals surface area contributed by atoms with Crippen LogP contribution in [0.4, 0.5) is 0 Å². The molecule has 1 N–H and O–H groups in total. The van der Waals surface area contributed by atoms with Gasteiger partial charge in [0.1, 0.15) is 6.10 Å². The van der Waals surface area contributed by atoms with Crippen molar-refractivity contribution >= 4 is 17.0 Å². The van der Waals surface area contributed by atoms with Crippen LogP contribution >= 0.6 is 0 Å². The minimum Gasteiger partial charge on any atom is -0.453 e. The number of benzene rings is 1. The molecule has 1 aliphatic heterocycles. The molecule has 0 spiro atoms. The van der Waals surface area contributed by atoms with Crippen LogP contribution in [0.2, 0.25) is 0 Å². The van der Waals surface area contributed by atoms with Gasteiger partial charge < -0.3 is 9.47 Å². The van der Waals surface area contributed by atoms with Crippen molar-refractivity contribution in [3.63, 3.8) is 0 Å². The second kappa shape index (κ2) is 7.86. The third kappa shape index (κ3) is 5.57. The molecule has 0 fully saturated rings. The highest BCUT2D eigenvalue weighted by atomic mass is 32.2. The van der Waals surface area contributed by atoms with E-state index in [0.717, 1.165) is 5.56 Å². The number of hydrogen-bond acceptors (Lipinski definition) is 4.